The highest BCUT2D eigenvalue weighted by atomic mass is 14.9. The minimum atomic E-state index is 0.303. The number of hydrogen-bond acceptors (Lipinski definition) is 2. The van der Waals surface area contributed by atoms with Gasteiger partial charge in [-0.3, -0.25) is 0 Å². The molecule has 3 saturated carbocycles. The van der Waals surface area contributed by atoms with Crippen LogP contribution in [0.5, 0.6) is 0 Å². The third-order valence-corrected chi connectivity index (χ3v) is 4.46. The average Bonchev–Trinajstić information content (AvgIpc) is 2.28. The lowest BCUT2D eigenvalue weighted by Crippen LogP contribution is -2.67. The van der Waals surface area contributed by atoms with Crippen LogP contribution in [0.15, 0.2) is 48.8 Å². The van der Waals surface area contributed by atoms with E-state index in [1.807, 2.05) is 18.5 Å². The Morgan fingerprint density at radius 3 is 2.06 bits per heavy atom. The van der Waals surface area contributed by atoms with E-state index in [1.54, 1.807) is 0 Å². The second kappa shape index (κ2) is 2.95. The van der Waals surface area contributed by atoms with Crippen molar-refractivity contribution in [3.8, 4) is 0 Å². The van der Waals surface area contributed by atoms with Gasteiger partial charge in [-0.05, 0) is 36.3 Å². The lowest BCUT2D eigenvalue weighted by atomic mass is 9.33. The molecule has 0 radical (unpaired) electrons. The van der Waals surface area contributed by atoms with Gasteiger partial charge in [-0.1, -0.05) is 30.3 Å². The maximum Gasteiger partial charge on any atom is 0.134 e. The highest BCUT2D eigenvalue weighted by molar-refractivity contribution is 5.44. The summed E-state index contributed by atoms with van der Waals surface area (Å²) in [5, 5.41) is 0. The van der Waals surface area contributed by atoms with Gasteiger partial charge in [0.05, 0.1) is 0 Å². The first-order valence-electron chi connectivity index (χ1n) is 6.16. The predicted octanol–water partition coefficient (Wildman–Crippen LogP) is 2.85. The molecule has 2 aromatic rings. The van der Waals surface area contributed by atoms with Crippen LogP contribution in [0.25, 0.3) is 0 Å². The zero-order valence-electron chi connectivity index (χ0n) is 9.63. The molecule has 2 heteroatoms. The maximum atomic E-state index is 4.42. The van der Waals surface area contributed by atoms with Gasteiger partial charge in [0.1, 0.15) is 5.82 Å². The van der Waals surface area contributed by atoms with Gasteiger partial charge < -0.3 is 0 Å². The zero-order valence-corrected chi connectivity index (χ0v) is 9.63. The van der Waals surface area contributed by atoms with E-state index < -0.39 is 0 Å². The monoisotopic (exact) mass is 222 g/mol. The molecule has 84 valence electrons. The molecule has 0 N–H and O–H groups in total. The first-order chi connectivity index (χ1) is 8.33. The molecular weight excluding hydrogens is 208 g/mol. The quantitative estimate of drug-likeness (QED) is 0.780. The van der Waals surface area contributed by atoms with Crippen molar-refractivity contribution in [3.05, 3.63) is 60.2 Å². The Labute approximate surface area is 101 Å². The Hall–Kier alpha value is -1.70. The van der Waals surface area contributed by atoms with Crippen molar-refractivity contribution in [2.24, 2.45) is 0 Å². The average molecular weight is 222 g/mol. The van der Waals surface area contributed by atoms with Crippen LogP contribution in [-0.2, 0) is 10.8 Å². The molecule has 3 fully saturated rings. The van der Waals surface area contributed by atoms with Crippen molar-refractivity contribution in [3.63, 3.8) is 0 Å². The molecule has 2 nitrogen and oxygen atoms in total. The molecule has 1 heterocycles. The smallest absolute Gasteiger partial charge is 0.134 e. The van der Waals surface area contributed by atoms with Crippen LogP contribution in [0, 0.1) is 0 Å². The van der Waals surface area contributed by atoms with Gasteiger partial charge in [0.25, 0.3) is 0 Å². The molecule has 5 rings (SSSR count). The van der Waals surface area contributed by atoms with Crippen molar-refractivity contribution >= 4 is 0 Å². The Balaban J connectivity index is 1.62. The van der Waals surface area contributed by atoms with Crippen LogP contribution in [0.3, 0.4) is 0 Å². The molecule has 2 bridgehead atoms. The molecule has 3 aliphatic carbocycles. The van der Waals surface area contributed by atoms with E-state index in [9.17, 15) is 0 Å². The summed E-state index contributed by atoms with van der Waals surface area (Å²) in [6.45, 7) is 0. The highest BCUT2D eigenvalue weighted by Gasteiger charge is 2.70. The van der Waals surface area contributed by atoms with E-state index in [4.69, 9.17) is 0 Å². The van der Waals surface area contributed by atoms with Crippen molar-refractivity contribution in [2.75, 3.05) is 0 Å². The molecule has 0 unspecified atom stereocenters. The molecule has 3 aliphatic rings. The third-order valence-electron chi connectivity index (χ3n) is 4.46. The second-order valence-corrected chi connectivity index (χ2v) is 5.53. The van der Waals surface area contributed by atoms with E-state index in [-0.39, 0.29) is 0 Å². The minimum absolute atomic E-state index is 0.303. The topological polar surface area (TPSA) is 25.8 Å². The van der Waals surface area contributed by atoms with E-state index in [1.165, 1.54) is 24.8 Å². The summed E-state index contributed by atoms with van der Waals surface area (Å²) in [5.74, 6) is 1.05. The summed E-state index contributed by atoms with van der Waals surface area (Å²) < 4.78 is 0. The highest BCUT2D eigenvalue weighted by Crippen LogP contribution is 2.73. The van der Waals surface area contributed by atoms with Crippen LogP contribution in [0.2, 0.25) is 0 Å². The van der Waals surface area contributed by atoms with Gasteiger partial charge >= 0.3 is 0 Å². The van der Waals surface area contributed by atoms with Crippen molar-refractivity contribution in [1.82, 2.24) is 9.97 Å². The third kappa shape index (κ3) is 1.10. The number of benzene rings is 1. The Bertz CT molecular complexity index is 478. The summed E-state index contributed by atoms with van der Waals surface area (Å²) in [7, 11) is 0. The fraction of sp³-hybridized carbons (Fsp3) is 0.333. The molecule has 1 aromatic heterocycles. The van der Waals surface area contributed by atoms with Crippen LogP contribution in [0.4, 0.5) is 0 Å². The van der Waals surface area contributed by atoms with Crippen molar-refractivity contribution in [2.45, 2.75) is 30.1 Å². The standard InChI is InChI=1S/C15H14N2/c1-2-5-12(6-3-1)14-9-15(10-14,11-14)13-16-7-4-8-17-13/h1-8H,9-11H2. The Morgan fingerprint density at radius 2 is 1.41 bits per heavy atom. The number of rotatable bonds is 2. The van der Waals surface area contributed by atoms with Gasteiger partial charge in [-0.15, -0.1) is 0 Å². The molecule has 1 aromatic carbocycles. The lowest BCUT2D eigenvalue weighted by Gasteiger charge is -2.70. The molecule has 0 saturated heterocycles. The van der Waals surface area contributed by atoms with E-state index >= 15 is 0 Å². The molecule has 0 atom stereocenters. The van der Waals surface area contributed by atoms with Crippen LogP contribution in [-0.4, -0.2) is 9.97 Å². The normalized spacial score (nSPS) is 33.6. The minimum Gasteiger partial charge on any atom is -0.241 e. The zero-order chi connectivity index (χ0) is 11.3. The fourth-order valence-corrected chi connectivity index (χ4v) is 3.70. The van der Waals surface area contributed by atoms with E-state index in [0.717, 1.165) is 5.82 Å². The maximum absolute atomic E-state index is 4.42. The number of aromatic nitrogens is 2. The van der Waals surface area contributed by atoms with E-state index in [0.29, 0.717) is 10.8 Å². The van der Waals surface area contributed by atoms with Gasteiger partial charge in [0.2, 0.25) is 0 Å². The summed E-state index contributed by atoms with van der Waals surface area (Å²) in [6.07, 6.45) is 7.41. The van der Waals surface area contributed by atoms with Gasteiger partial charge in [0.15, 0.2) is 0 Å². The van der Waals surface area contributed by atoms with E-state index in [2.05, 4.69) is 40.3 Å². The first-order valence-corrected chi connectivity index (χ1v) is 6.16. The second-order valence-electron chi connectivity index (χ2n) is 5.53. The SMILES string of the molecule is c1ccc(C23CC(c4ncccn4)(C2)C3)cc1. The van der Waals surface area contributed by atoms with Gasteiger partial charge in [-0.2, -0.15) is 0 Å². The van der Waals surface area contributed by atoms with Crippen LogP contribution in [0.1, 0.15) is 30.7 Å². The molecule has 0 amide bonds. The van der Waals surface area contributed by atoms with Crippen molar-refractivity contribution < 1.29 is 0 Å². The Kier molecular flexibility index (Phi) is 1.62. The Morgan fingerprint density at radius 1 is 0.765 bits per heavy atom. The first kappa shape index (κ1) is 9.34. The number of hydrogen-bond donors (Lipinski definition) is 0. The van der Waals surface area contributed by atoms with Crippen LogP contribution < -0.4 is 0 Å². The lowest BCUT2D eigenvalue weighted by molar-refractivity contribution is -0.0755. The molecule has 17 heavy (non-hydrogen) atoms. The summed E-state index contributed by atoms with van der Waals surface area (Å²) in [4.78, 5) is 8.85. The largest absolute Gasteiger partial charge is 0.241 e. The summed E-state index contributed by atoms with van der Waals surface area (Å²) in [6, 6.07) is 12.8. The van der Waals surface area contributed by atoms with Gasteiger partial charge in [0, 0.05) is 17.8 Å². The summed E-state index contributed by atoms with van der Waals surface area (Å²) >= 11 is 0. The van der Waals surface area contributed by atoms with Crippen LogP contribution >= 0.6 is 0 Å². The molecular formula is C15H14N2. The summed E-state index contributed by atoms with van der Waals surface area (Å²) in [5.41, 5.74) is 2.25. The molecule has 0 spiro atoms. The van der Waals surface area contributed by atoms with Crippen molar-refractivity contribution in [1.29, 1.82) is 0 Å². The van der Waals surface area contributed by atoms with Gasteiger partial charge in [-0.25, -0.2) is 9.97 Å². The number of nitrogens with zero attached hydrogens (tertiary/aromatic N) is 2. The fourth-order valence-electron chi connectivity index (χ4n) is 3.70. The molecule has 0 aliphatic heterocycles. The predicted molar refractivity (Wildman–Crippen MR) is 65.7 cm³/mol.